The average molecular weight is 807 g/mol. The third kappa shape index (κ3) is 7.19. The van der Waals surface area contributed by atoms with E-state index in [0.717, 1.165) is 93.9 Å². The molecule has 6 saturated heterocycles. The van der Waals surface area contributed by atoms with Gasteiger partial charge in [0.25, 0.3) is 0 Å². The lowest BCUT2D eigenvalue weighted by Crippen LogP contribution is -2.55. The van der Waals surface area contributed by atoms with Crippen molar-refractivity contribution in [1.82, 2.24) is 30.0 Å². The Balaban J connectivity index is 0.967. The van der Waals surface area contributed by atoms with Crippen molar-refractivity contribution in [3.63, 3.8) is 0 Å². The molecule has 7 unspecified atom stereocenters. The zero-order valence-electron chi connectivity index (χ0n) is 35.5. The maximum absolute atomic E-state index is 6.89. The van der Waals surface area contributed by atoms with Crippen LogP contribution in [-0.2, 0) is 0 Å². The lowest BCUT2D eigenvalue weighted by Gasteiger charge is -2.52. The number of piperidine rings is 6. The van der Waals surface area contributed by atoms with Gasteiger partial charge in [0.05, 0.1) is 49.2 Å². The van der Waals surface area contributed by atoms with Crippen LogP contribution in [0, 0.1) is 23.7 Å². The van der Waals surface area contributed by atoms with Gasteiger partial charge in [0, 0.05) is 60.2 Å². The minimum Gasteiger partial charge on any atom is -0.497 e. The fourth-order valence-electron chi connectivity index (χ4n) is 11.7. The van der Waals surface area contributed by atoms with E-state index in [4.69, 9.17) is 39.1 Å². The van der Waals surface area contributed by atoms with E-state index >= 15 is 0 Å². The predicted molar refractivity (Wildman–Crippen MR) is 236 cm³/mol. The maximum Gasteiger partial charge on any atom is 0.241 e. The molecule has 6 aliphatic rings. The number of ether oxygens (including phenoxy) is 4. The molecule has 0 amide bonds. The Labute approximate surface area is 353 Å². The molecule has 4 bridgehead atoms. The van der Waals surface area contributed by atoms with Crippen molar-refractivity contribution in [2.45, 2.75) is 76.3 Å². The first kappa shape index (κ1) is 39.1. The van der Waals surface area contributed by atoms with Crippen molar-refractivity contribution < 1.29 is 18.9 Å². The summed E-state index contributed by atoms with van der Waals surface area (Å²) >= 11 is 0. The molecule has 0 spiro atoms. The summed E-state index contributed by atoms with van der Waals surface area (Å²) in [6.45, 7) is 10.2. The molecule has 3 aromatic heterocycles. The van der Waals surface area contributed by atoms with E-state index in [1.54, 1.807) is 14.2 Å². The zero-order valence-corrected chi connectivity index (χ0v) is 35.5. The van der Waals surface area contributed by atoms with Crippen LogP contribution < -0.4 is 18.9 Å². The van der Waals surface area contributed by atoms with Crippen molar-refractivity contribution in [3.8, 4) is 23.3 Å². The number of pyridine rings is 2. The summed E-state index contributed by atoms with van der Waals surface area (Å²) in [6, 6.07) is 25.7. The fraction of sp³-hybridized carbons (Fsp3) is 0.480. The summed E-state index contributed by atoms with van der Waals surface area (Å²) in [5.74, 6) is 5.91. The van der Waals surface area contributed by atoms with E-state index in [1.165, 1.54) is 49.7 Å². The van der Waals surface area contributed by atoms with Crippen LogP contribution in [0.25, 0.3) is 32.6 Å². The van der Waals surface area contributed by atoms with Gasteiger partial charge in [0.2, 0.25) is 11.8 Å². The van der Waals surface area contributed by atoms with Gasteiger partial charge in [-0.15, -0.1) is 10.2 Å². The summed E-state index contributed by atoms with van der Waals surface area (Å²) in [5.41, 5.74) is 4.42. The lowest BCUT2D eigenvalue weighted by molar-refractivity contribution is -0.0177. The molecule has 10 nitrogen and oxygen atoms in total. The van der Waals surface area contributed by atoms with E-state index < -0.39 is 0 Å². The van der Waals surface area contributed by atoms with Gasteiger partial charge >= 0.3 is 0 Å². The number of fused-ring (bicyclic) bond motifs is 9. The monoisotopic (exact) mass is 806 g/mol. The van der Waals surface area contributed by atoms with Crippen molar-refractivity contribution >= 4 is 32.6 Å². The molecule has 12 rings (SSSR count). The van der Waals surface area contributed by atoms with Gasteiger partial charge in [-0.2, -0.15) is 0 Å². The summed E-state index contributed by atoms with van der Waals surface area (Å²) in [6.07, 6.45) is 11.2. The summed E-state index contributed by atoms with van der Waals surface area (Å²) in [7, 11) is 3.45. The van der Waals surface area contributed by atoms with Crippen LogP contribution >= 0.6 is 0 Å². The highest BCUT2D eigenvalue weighted by Crippen LogP contribution is 2.46. The van der Waals surface area contributed by atoms with Crippen LogP contribution in [-0.4, -0.2) is 95.7 Å². The smallest absolute Gasteiger partial charge is 0.241 e. The number of benzene rings is 3. The molecular formula is C50H58N6O4. The molecule has 6 aromatic rings. The van der Waals surface area contributed by atoms with Gasteiger partial charge in [-0.1, -0.05) is 38.8 Å². The first-order valence-corrected chi connectivity index (χ1v) is 22.4. The van der Waals surface area contributed by atoms with Gasteiger partial charge in [-0.05, 0) is 134 Å². The Morgan fingerprint density at radius 1 is 0.600 bits per heavy atom. The number of aromatic nitrogens is 4. The Bertz CT molecular complexity index is 2310. The van der Waals surface area contributed by atoms with E-state index in [9.17, 15) is 0 Å². The first-order chi connectivity index (χ1) is 29.5. The van der Waals surface area contributed by atoms with Crippen LogP contribution in [0.15, 0.2) is 85.2 Å². The molecule has 6 fully saturated rings. The molecule has 3 aromatic carbocycles. The van der Waals surface area contributed by atoms with Crippen LogP contribution in [0.4, 0.5) is 0 Å². The molecule has 0 saturated carbocycles. The third-order valence-corrected chi connectivity index (χ3v) is 15.0. The van der Waals surface area contributed by atoms with E-state index in [1.807, 2.05) is 36.7 Å². The summed E-state index contributed by atoms with van der Waals surface area (Å²) < 4.78 is 25.2. The minimum atomic E-state index is 0.0994. The van der Waals surface area contributed by atoms with Crippen molar-refractivity contribution in [2.24, 2.45) is 23.7 Å². The number of methoxy groups -OCH3 is 2. The Morgan fingerprint density at radius 2 is 1.07 bits per heavy atom. The van der Waals surface area contributed by atoms with Gasteiger partial charge in [-0.25, -0.2) is 0 Å². The minimum absolute atomic E-state index is 0.0994. The van der Waals surface area contributed by atoms with Gasteiger partial charge < -0.3 is 18.9 Å². The topological polar surface area (TPSA) is 95.0 Å². The SMILES string of the molecule is CCC1CN2CCC1CC2[C@H](COc1nnc(OC[C@H](c2ccnc3ccc(OC)cc23)C2C[C@H]3CCN2CC3CC)c2ccccc12)c1ccnc2ccc(OC)cc12. The molecule has 6 aliphatic heterocycles. The molecule has 312 valence electrons. The van der Waals surface area contributed by atoms with Crippen LogP contribution in [0.2, 0.25) is 0 Å². The van der Waals surface area contributed by atoms with E-state index in [-0.39, 0.29) is 11.8 Å². The van der Waals surface area contributed by atoms with Crippen LogP contribution in [0.3, 0.4) is 0 Å². The third-order valence-electron chi connectivity index (χ3n) is 15.0. The molecule has 10 heteroatoms. The van der Waals surface area contributed by atoms with E-state index in [0.29, 0.717) is 37.1 Å². The second-order valence-corrected chi connectivity index (χ2v) is 17.8. The first-order valence-electron chi connectivity index (χ1n) is 22.4. The largest absolute Gasteiger partial charge is 0.497 e. The highest BCUT2D eigenvalue weighted by molar-refractivity contribution is 5.90. The number of hydrogen-bond acceptors (Lipinski definition) is 10. The fourth-order valence-corrected chi connectivity index (χ4v) is 11.7. The van der Waals surface area contributed by atoms with Crippen LogP contribution in [0.1, 0.15) is 75.3 Å². The summed E-state index contributed by atoms with van der Waals surface area (Å²) in [5, 5.41) is 13.6. The van der Waals surface area contributed by atoms with Crippen molar-refractivity contribution in [2.75, 3.05) is 53.6 Å². The molecule has 0 radical (unpaired) electrons. The standard InChI is InChI=1S/C50H58N6O4/c1-5-31-27-55-21-17-33(31)23-47(55)43(37-15-19-51-45-13-11-35(57-3)25-41(37)45)29-59-49-39-9-7-8-10-40(39)50(54-53-49)60-30-44(48-24-34-18-22-56(48)28-32(34)6-2)38-16-20-52-46-14-12-36(58-4)26-42(38)46/h7-16,19-20,25-26,31-34,43-44,47-48H,5-6,17-18,21-24,27-30H2,1-4H3/t31?,32?,33-,34?,43-,44-,47?,48?/m1/s1. The number of nitrogens with zero attached hydrogens (tertiary/aromatic N) is 6. The number of hydrogen-bond donors (Lipinski definition) is 0. The molecule has 0 N–H and O–H groups in total. The second kappa shape index (κ2) is 16.8. The summed E-state index contributed by atoms with van der Waals surface area (Å²) in [4.78, 5) is 15.0. The molecular weight excluding hydrogens is 749 g/mol. The van der Waals surface area contributed by atoms with Crippen molar-refractivity contribution in [1.29, 1.82) is 0 Å². The lowest BCUT2D eigenvalue weighted by atomic mass is 9.70. The molecule has 10 atom stereocenters. The van der Waals surface area contributed by atoms with E-state index in [2.05, 4.69) is 72.2 Å². The van der Waals surface area contributed by atoms with Crippen molar-refractivity contribution in [3.05, 3.63) is 96.3 Å². The zero-order chi connectivity index (χ0) is 40.7. The highest BCUT2D eigenvalue weighted by atomic mass is 16.5. The average Bonchev–Trinajstić information content (AvgIpc) is 3.32. The molecule has 60 heavy (non-hydrogen) atoms. The Kier molecular flexibility index (Phi) is 10.9. The molecule has 9 heterocycles. The Morgan fingerprint density at radius 3 is 1.47 bits per heavy atom. The highest BCUT2D eigenvalue weighted by Gasteiger charge is 2.45. The number of rotatable bonds is 14. The van der Waals surface area contributed by atoms with Gasteiger partial charge in [-0.3, -0.25) is 19.8 Å². The normalized spacial score (nSPS) is 26.9. The van der Waals surface area contributed by atoms with Crippen LogP contribution in [0.5, 0.6) is 23.3 Å². The quantitative estimate of drug-likeness (QED) is 0.106. The van der Waals surface area contributed by atoms with Gasteiger partial charge in [0.15, 0.2) is 0 Å². The molecule has 0 aliphatic carbocycles. The van der Waals surface area contributed by atoms with Gasteiger partial charge in [0.1, 0.15) is 11.5 Å². The predicted octanol–water partition coefficient (Wildman–Crippen LogP) is 9.31. The second-order valence-electron chi connectivity index (χ2n) is 17.8. The Hall–Kier alpha value is -5.06. The maximum atomic E-state index is 6.89.